The molecule has 1 heterocycles. The summed E-state index contributed by atoms with van der Waals surface area (Å²) in [5, 5.41) is 3.20. The summed E-state index contributed by atoms with van der Waals surface area (Å²) in [7, 11) is -0.710. The zero-order chi connectivity index (χ0) is 18.6. The maximum absolute atomic E-state index is 12.1. The molecule has 2 rings (SSSR count). The predicted octanol–water partition coefficient (Wildman–Crippen LogP) is 2.17. The third-order valence-electron chi connectivity index (χ3n) is 3.32. The number of hydrogen-bond donors (Lipinski definition) is 2. The summed E-state index contributed by atoms with van der Waals surface area (Å²) < 4.78 is 24.8. The Hall–Kier alpha value is -2.36. The minimum atomic E-state index is -3.46. The summed E-state index contributed by atoms with van der Waals surface area (Å²) in [4.78, 5) is 20.6. The van der Waals surface area contributed by atoms with Gasteiger partial charge in [0.2, 0.25) is 10.0 Å². The summed E-state index contributed by atoms with van der Waals surface area (Å²) in [6, 6.07) is 8.23. The van der Waals surface area contributed by atoms with E-state index in [-0.39, 0.29) is 10.7 Å². The van der Waals surface area contributed by atoms with Gasteiger partial charge in [0.1, 0.15) is 5.15 Å². The minimum Gasteiger partial charge on any atom is -0.353 e. The normalized spacial score (nSPS) is 11.0. The summed E-state index contributed by atoms with van der Waals surface area (Å²) in [5.74, 6) is -0.525. The van der Waals surface area contributed by atoms with Crippen molar-refractivity contribution >= 4 is 44.6 Å². The predicted molar refractivity (Wildman–Crippen MR) is 96.7 cm³/mol. The van der Waals surface area contributed by atoms with Crippen molar-refractivity contribution in [1.29, 1.82) is 0 Å². The van der Waals surface area contributed by atoms with Crippen LogP contribution in [0.2, 0.25) is 5.15 Å². The molecule has 0 spiro atoms. The van der Waals surface area contributed by atoms with Crippen LogP contribution < -0.4 is 15.1 Å². The van der Waals surface area contributed by atoms with E-state index >= 15 is 0 Å². The van der Waals surface area contributed by atoms with Crippen molar-refractivity contribution in [2.24, 2.45) is 0 Å². The first-order chi connectivity index (χ1) is 11.7. The van der Waals surface area contributed by atoms with Gasteiger partial charge in [-0.3, -0.25) is 13.9 Å². The molecule has 134 valence electrons. The van der Waals surface area contributed by atoms with E-state index in [4.69, 9.17) is 11.6 Å². The molecule has 1 amide bonds. The molecular weight excluding hydrogens is 368 g/mol. The van der Waals surface area contributed by atoms with Crippen LogP contribution in [0.3, 0.4) is 0 Å². The molecular formula is C15H17ClN4O4S. The van der Waals surface area contributed by atoms with Crippen LogP contribution in [0, 0.1) is 0 Å². The van der Waals surface area contributed by atoms with E-state index in [0.29, 0.717) is 17.1 Å². The molecule has 1 aromatic heterocycles. The fourth-order valence-electron chi connectivity index (χ4n) is 2.04. The summed E-state index contributed by atoms with van der Waals surface area (Å²) in [6.45, 7) is 0. The van der Waals surface area contributed by atoms with Crippen molar-refractivity contribution in [3.8, 4) is 0 Å². The number of benzene rings is 1. The van der Waals surface area contributed by atoms with Gasteiger partial charge in [0, 0.05) is 13.2 Å². The molecule has 0 radical (unpaired) electrons. The second-order valence-electron chi connectivity index (χ2n) is 5.06. The van der Waals surface area contributed by atoms with Gasteiger partial charge in [-0.05, 0) is 18.2 Å². The second-order valence-corrected chi connectivity index (χ2v) is 7.46. The smallest absolute Gasteiger partial charge is 0.278 e. The lowest BCUT2D eigenvalue weighted by Gasteiger charge is -2.21. The van der Waals surface area contributed by atoms with E-state index in [1.807, 2.05) is 0 Å². The van der Waals surface area contributed by atoms with Crippen LogP contribution in [0.1, 0.15) is 10.4 Å². The molecule has 0 fully saturated rings. The Morgan fingerprint density at radius 1 is 1.28 bits per heavy atom. The minimum absolute atomic E-state index is 0.172. The molecule has 0 saturated carbocycles. The Morgan fingerprint density at radius 3 is 2.60 bits per heavy atom. The van der Waals surface area contributed by atoms with Crippen molar-refractivity contribution in [2.75, 3.05) is 30.0 Å². The average molecular weight is 385 g/mol. The molecule has 10 heteroatoms. The fraction of sp³-hybridized carbons (Fsp3) is 0.200. The number of nitrogens with zero attached hydrogens (tertiary/aromatic N) is 2. The maximum Gasteiger partial charge on any atom is 0.278 e. The lowest BCUT2D eigenvalue weighted by molar-refractivity contribution is 0.0538. The number of hydrogen-bond acceptors (Lipinski definition) is 6. The number of amides is 1. The highest BCUT2D eigenvalue weighted by Gasteiger charge is 2.18. The SMILES string of the molecule is CONC(=O)c1cnc(Cl)cc1Nc1ccccc1N(C)S(C)(=O)=O. The molecule has 25 heavy (non-hydrogen) atoms. The van der Waals surface area contributed by atoms with E-state index in [1.54, 1.807) is 24.3 Å². The van der Waals surface area contributed by atoms with Gasteiger partial charge in [0.15, 0.2) is 0 Å². The zero-order valence-electron chi connectivity index (χ0n) is 13.8. The number of carbonyl (C=O) groups excluding carboxylic acids is 1. The van der Waals surface area contributed by atoms with Gasteiger partial charge in [-0.25, -0.2) is 18.9 Å². The first-order valence-electron chi connectivity index (χ1n) is 7.03. The molecule has 0 aliphatic rings. The summed E-state index contributed by atoms with van der Waals surface area (Å²) in [6.07, 6.45) is 2.40. The number of hydroxylamine groups is 1. The Balaban J connectivity index is 2.48. The molecule has 0 bridgehead atoms. The van der Waals surface area contributed by atoms with Gasteiger partial charge >= 0.3 is 0 Å². The first-order valence-corrected chi connectivity index (χ1v) is 9.25. The van der Waals surface area contributed by atoms with E-state index in [9.17, 15) is 13.2 Å². The standard InChI is InChI=1S/C15H17ClN4O4S/c1-20(25(3,22)23)13-7-5-4-6-11(13)18-12-8-14(16)17-9-10(12)15(21)19-24-2/h4-9H,1-3H3,(H,17,18)(H,19,21). The monoisotopic (exact) mass is 384 g/mol. The number of nitrogens with one attached hydrogen (secondary N) is 2. The van der Waals surface area contributed by atoms with Crippen LogP contribution in [0.4, 0.5) is 17.1 Å². The average Bonchev–Trinajstić information content (AvgIpc) is 2.54. The van der Waals surface area contributed by atoms with E-state index in [0.717, 1.165) is 10.6 Å². The zero-order valence-corrected chi connectivity index (χ0v) is 15.4. The summed E-state index contributed by atoms with van der Waals surface area (Å²) in [5.41, 5.74) is 3.62. The number of sulfonamides is 1. The van der Waals surface area contributed by atoms with E-state index < -0.39 is 15.9 Å². The van der Waals surface area contributed by atoms with Crippen molar-refractivity contribution < 1.29 is 18.0 Å². The topological polar surface area (TPSA) is 101 Å². The van der Waals surface area contributed by atoms with Crippen LogP contribution >= 0.6 is 11.6 Å². The van der Waals surface area contributed by atoms with Gasteiger partial charge in [0.05, 0.1) is 36.0 Å². The molecule has 0 atom stereocenters. The Bertz CT molecular complexity index is 889. The first kappa shape index (κ1) is 19.0. The molecule has 2 N–H and O–H groups in total. The Morgan fingerprint density at radius 2 is 1.96 bits per heavy atom. The van der Waals surface area contributed by atoms with Crippen molar-refractivity contribution in [3.05, 3.63) is 47.2 Å². The van der Waals surface area contributed by atoms with Crippen molar-refractivity contribution in [3.63, 3.8) is 0 Å². The largest absolute Gasteiger partial charge is 0.353 e. The fourth-order valence-corrected chi connectivity index (χ4v) is 2.71. The third kappa shape index (κ3) is 4.59. The molecule has 0 unspecified atom stereocenters. The molecule has 8 nitrogen and oxygen atoms in total. The highest BCUT2D eigenvalue weighted by Crippen LogP contribution is 2.31. The van der Waals surface area contributed by atoms with Crippen LogP contribution in [0.25, 0.3) is 0 Å². The number of carbonyl (C=O) groups is 1. The Kier molecular flexibility index (Phi) is 5.83. The highest BCUT2D eigenvalue weighted by atomic mass is 35.5. The quantitative estimate of drug-likeness (QED) is 0.584. The van der Waals surface area contributed by atoms with E-state index in [2.05, 4.69) is 20.6 Å². The van der Waals surface area contributed by atoms with Crippen LogP contribution in [-0.2, 0) is 14.9 Å². The number of pyridine rings is 1. The number of halogens is 1. The summed E-state index contributed by atoms with van der Waals surface area (Å²) >= 11 is 5.92. The van der Waals surface area contributed by atoms with Gasteiger partial charge in [-0.2, -0.15) is 0 Å². The molecule has 1 aromatic carbocycles. The van der Waals surface area contributed by atoms with Gasteiger partial charge in [-0.15, -0.1) is 0 Å². The lowest BCUT2D eigenvalue weighted by Crippen LogP contribution is -2.26. The number of para-hydroxylation sites is 2. The molecule has 0 aliphatic carbocycles. The van der Waals surface area contributed by atoms with Crippen molar-refractivity contribution in [1.82, 2.24) is 10.5 Å². The second kappa shape index (κ2) is 7.68. The van der Waals surface area contributed by atoms with E-state index in [1.165, 1.54) is 26.4 Å². The molecule has 0 saturated heterocycles. The van der Waals surface area contributed by atoms with Crippen LogP contribution in [0.5, 0.6) is 0 Å². The van der Waals surface area contributed by atoms with Gasteiger partial charge in [0.25, 0.3) is 5.91 Å². The highest BCUT2D eigenvalue weighted by molar-refractivity contribution is 7.92. The Labute approximate surface area is 150 Å². The number of rotatable bonds is 6. The molecule has 0 aliphatic heterocycles. The van der Waals surface area contributed by atoms with Crippen LogP contribution in [-0.4, -0.2) is 39.7 Å². The third-order valence-corrected chi connectivity index (χ3v) is 4.72. The lowest BCUT2D eigenvalue weighted by atomic mass is 10.2. The molecule has 2 aromatic rings. The maximum atomic E-state index is 12.1. The van der Waals surface area contributed by atoms with Gasteiger partial charge < -0.3 is 5.32 Å². The van der Waals surface area contributed by atoms with Gasteiger partial charge in [-0.1, -0.05) is 23.7 Å². The number of anilines is 3. The van der Waals surface area contributed by atoms with Crippen LogP contribution in [0.15, 0.2) is 36.5 Å². The van der Waals surface area contributed by atoms with Crippen molar-refractivity contribution in [2.45, 2.75) is 0 Å². The number of aromatic nitrogens is 1.